The lowest BCUT2D eigenvalue weighted by molar-refractivity contribution is 1.17. The molecule has 0 N–H and O–H groups in total. The molecule has 0 bridgehead atoms. The van der Waals surface area contributed by atoms with Crippen LogP contribution in [0, 0.1) is 22.7 Å². The molecule has 0 unspecified atom stereocenters. The molecule has 6 heteroatoms. The molecule has 0 atom stereocenters. The lowest BCUT2D eigenvalue weighted by Crippen LogP contribution is -2.09. The summed E-state index contributed by atoms with van der Waals surface area (Å²) in [5, 5.41) is 26.0. The maximum absolute atomic E-state index is 10.8. The van der Waals surface area contributed by atoms with Crippen LogP contribution in [-0.2, 0) is 0 Å². The summed E-state index contributed by atoms with van der Waals surface area (Å²) in [6.07, 6.45) is 0. The van der Waals surface area contributed by atoms with Gasteiger partial charge in [-0.15, -0.1) is 0 Å². The van der Waals surface area contributed by atoms with Gasteiger partial charge in [-0.1, -0.05) is 121 Å². The zero-order valence-corrected chi connectivity index (χ0v) is 36.8. The van der Waals surface area contributed by atoms with Gasteiger partial charge in [0.05, 0.1) is 45.3 Å². The molecule has 0 spiro atoms. The largest absolute Gasteiger partial charge is 0.310 e. The average Bonchev–Trinajstić information content (AvgIpc) is 3.92. The van der Waals surface area contributed by atoms with Crippen molar-refractivity contribution >= 4 is 77.7 Å². The number of anilines is 6. The van der Waals surface area contributed by atoms with E-state index in [-0.39, 0.29) is 0 Å². The van der Waals surface area contributed by atoms with Crippen molar-refractivity contribution in [2.24, 2.45) is 0 Å². The van der Waals surface area contributed by atoms with E-state index in [9.17, 15) is 10.5 Å². The third-order valence-electron chi connectivity index (χ3n) is 12.9. The van der Waals surface area contributed by atoms with E-state index in [2.05, 4.69) is 225 Å². The number of aromatic nitrogens is 2. The normalized spacial score (nSPS) is 11.2. The predicted octanol–water partition coefficient (Wildman–Crippen LogP) is 16.2. The molecule has 0 fully saturated rings. The monoisotopic (exact) mass is 868 g/mol. The predicted molar refractivity (Wildman–Crippen MR) is 279 cm³/mol. The summed E-state index contributed by atoms with van der Waals surface area (Å²) < 4.78 is 4.46. The molecule has 2 aromatic heterocycles. The summed E-state index contributed by atoms with van der Waals surface area (Å²) in [5.74, 6) is 0. The number of rotatable bonds is 9. The van der Waals surface area contributed by atoms with Crippen LogP contribution in [0.15, 0.2) is 243 Å². The van der Waals surface area contributed by atoms with Crippen molar-refractivity contribution in [3.63, 3.8) is 0 Å². The standard InChI is InChI=1S/C62H40N6/c63-41-43-37-49(67-59-27-15-13-25-55(59)57-39-51(31-35-61(57)67)65(45-17-5-1-6-18-45)46-19-7-2-8-20-46)29-33-53(43)54-34-30-50(38-44(54)42-64)68-60-28-16-14-26-56(60)58-40-52(32-36-62(58)68)66(47-21-9-3-10-22-47)48-23-11-4-12-24-48/h1-40H. The Balaban J connectivity index is 0.944. The maximum Gasteiger partial charge on any atom is 0.0998 e. The highest BCUT2D eigenvalue weighted by molar-refractivity contribution is 6.12. The average molecular weight is 869 g/mol. The fourth-order valence-electron chi connectivity index (χ4n) is 9.96. The molecule has 12 rings (SSSR count). The second-order valence-corrected chi connectivity index (χ2v) is 16.8. The molecule has 0 aliphatic heterocycles. The van der Waals surface area contributed by atoms with E-state index >= 15 is 0 Å². The molecule has 6 nitrogen and oxygen atoms in total. The fourth-order valence-corrected chi connectivity index (χ4v) is 9.96. The lowest BCUT2D eigenvalue weighted by Gasteiger charge is -2.25. The zero-order chi connectivity index (χ0) is 45.6. The first-order chi connectivity index (χ1) is 33.7. The molecule has 0 saturated carbocycles. The second-order valence-electron chi connectivity index (χ2n) is 16.8. The van der Waals surface area contributed by atoms with Crippen molar-refractivity contribution in [3.8, 4) is 34.6 Å². The molecule has 0 aliphatic rings. The smallest absolute Gasteiger partial charge is 0.0998 e. The van der Waals surface area contributed by atoms with Gasteiger partial charge in [0.25, 0.3) is 0 Å². The van der Waals surface area contributed by atoms with Gasteiger partial charge in [0, 0.05) is 78.2 Å². The minimum Gasteiger partial charge on any atom is -0.310 e. The number of hydrogen-bond donors (Lipinski definition) is 0. The van der Waals surface area contributed by atoms with Crippen LogP contribution in [0.2, 0.25) is 0 Å². The van der Waals surface area contributed by atoms with Crippen molar-refractivity contribution < 1.29 is 0 Å². The Labute approximate surface area is 393 Å². The molecular formula is C62H40N6. The van der Waals surface area contributed by atoms with Crippen LogP contribution in [0.1, 0.15) is 11.1 Å². The summed E-state index contributed by atoms with van der Waals surface area (Å²) in [6.45, 7) is 0. The molecule has 10 aromatic carbocycles. The Bertz CT molecular complexity index is 3600. The third kappa shape index (κ3) is 6.72. The molecule has 0 radical (unpaired) electrons. The van der Waals surface area contributed by atoms with Gasteiger partial charge in [-0.25, -0.2) is 0 Å². The van der Waals surface area contributed by atoms with Crippen LogP contribution < -0.4 is 9.80 Å². The first-order valence-electron chi connectivity index (χ1n) is 22.6. The van der Waals surface area contributed by atoms with Gasteiger partial charge in [-0.2, -0.15) is 10.5 Å². The molecular weight excluding hydrogens is 829 g/mol. The minimum absolute atomic E-state index is 0.486. The lowest BCUT2D eigenvalue weighted by atomic mass is 9.95. The van der Waals surface area contributed by atoms with Crippen molar-refractivity contribution in [2.45, 2.75) is 0 Å². The van der Waals surface area contributed by atoms with Gasteiger partial charge in [-0.3, -0.25) is 0 Å². The van der Waals surface area contributed by atoms with Gasteiger partial charge in [0.1, 0.15) is 0 Å². The van der Waals surface area contributed by atoms with Crippen molar-refractivity contribution in [1.29, 1.82) is 10.5 Å². The van der Waals surface area contributed by atoms with E-state index in [4.69, 9.17) is 0 Å². The highest BCUT2D eigenvalue weighted by Gasteiger charge is 2.21. The first kappa shape index (κ1) is 39.9. The molecule has 0 saturated heterocycles. The summed E-state index contributed by atoms with van der Waals surface area (Å²) in [6, 6.07) is 88.7. The number of hydrogen-bond acceptors (Lipinski definition) is 4. The first-order valence-corrected chi connectivity index (χ1v) is 22.6. The van der Waals surface area contributed by atoms with E-state index in [0.29, 0.717) is 22.3 Å². The van der Waals surface area contributed by atoms with Crippen molar-refractivity contribution in [3.05, 3.63) is 254 Å². The van der Waals surface area contributed by atoms with Crippen molar-refractivity contribution in [2.75, 3.05) is 9.80 Å². The zero-order valence-electron chi connectivity index (χ0n) is 36.8. The Morgan fingerprint density at radius 1 is 0.279 bits per heavy atom. The Morgan fingerprint density at radius 2 is 0.603 bits per heavy atom. The van der Waals surface area contributed by atoms with Crippen LogP contribution in [0.4, 0.5) is 34.1 Å². The minimum atomic E-state index is 0.486. The van der Waals surface area contributed by atoms with E-state index in [1.165, 1.54) is 0 Å². The molecule has 68 heavy (non-hydrogen) atoms. The van der Waals surface area contributed by atoms with E-state index in [0.717, 1.165) is 89.1 Å². The number of nitrogens with zero attached hydrogens (tertiary/aromatic N) is 6. The highest BCUT2D eigenvalue weighted by atomic mass is 15.1. The van der Waals surface area contributed by atoms with Gasteiger partial charge in [0.2, 0.25) is 0 Å². The van der Waals surface area contributed by atoms with Crippen LogP contribution in [0.5, 0.6) is 0 Å². The number of nitriles is 2. The molecule has 2 heterocycles. The quantitative estimate of drug-likeness (QED) is 0.145. The van der Waals surface area contributed by atoms with E-state index in [1.807, 2.05) is 48.5 Å². The summed E-state index contributed by atoms with van der Waals surface area (Å²) >= 11 is 0. The van der Waals surface area contributed by atoms with E-state index in [1.54, 1.807) is 0 Å². The molecule has 0 amide bonds. The van der Waals surface area contributed by atoms with Crippen LogP contribution in [-0.4, -0.2) is 9.13 Å². The van der Waals surface area contributed by atoms with Crippen LogP contribution >= 0.6 is 0 Å². The SMILES string of the molecule is N#Cc1cc(-n2c3ccccc3c3cc(N(c4ccccc4)c4ccccc4)ccc32)ccc1-c1ccc(-n2c3ccccc3c3cc(N(c4ccccc4)c4ccccc4)ccc32)cc1C#N. The van der Waals surface area contributed by atoms with Gasteiger partial charge in [-0.05, 0) is 121 Å². The topological polar surface area (TPSA) is 63.9 Å². The summed E-state index contributed by atoms with van der Waals surface area (Å²) in [5.41, 5.74) is 14.6. The van der Waals surface area contributed by atoms with E-state index < -0.39 is 0 Å². The highest BCUT2D eigenvalue weighted by Crippen LogP contribution is 2.42. The molecule has 12 aromatic rings. The van der Waals surface area contributed by atoms with Gasteiger partial charge < -0.3 is 18.9 Å². The number of benzene rings is 10. The molecule has 318 valence electrons. The Hall–Kier alpha value is -9.62. The Kier molecular flexibility index (Phi) is 9.83. The number of para-hydroxylation sites is 6. The van der Waals surface area contributed by atoms with Gasteiger partial charge in [0.15, 0.2) is 0 Å². The van der Waals surface area contributed by atoms with Gasteiger partial charge >= 0.3 is 0 Å². The Morgan fingerprint density at radius 3 is 0.956 bits per heavy atom. The fraction of sp³-hybridized carbons (Fsp3) is 0. The molecule has 0 aliphatic carbocycles. The maximum atomic E-state index is 10.8. The second kappa shape index (κ2) is 16.7. The number of fused-ring (bicyclic) bond motifs is 6. The van der Waals surface area contributed by atoms with Crippen molar-refractivity contribution in [1.82, 2.24) is 9.13 Å². The van der Waals surface area contributed by atoms with Crippen LogP contribution in [0.25, 0.3) is 66.1 Å². The third-order valence-corrected chi connectivity index (χ3v) is 12.9. The summed E-state index contributed by atoms with van der Waals surface area (Å²) in [7, 11) is 0. The van der Waals surface area contributed by atoms with Crippen LogP contribution in [0.3, 0.4) is 0 Å². The summed E-state index contributed by atoms with van der Waals surface area (Å²) in [4.78, 5) is 4.55.